The quantitative estimate of drug-likeness (QED) is 0.638. The van der Waals surface area contributed by atoms with E-state index in [9.17, 15) is 10.0 Å². The summed E-state index contributed by atoms with van der Waals surface area (Å²) in [5.41, 5.74) is -0.528. The third-order valence-electron chi connectivity index (χ3n) is 1.70. The molecule has 1 aromatic carbocycles. The van der Waals surface area contributed by atoms with Gasteiger partial charge in [0, 0.05) is 22.1 Å². The fourth-order valence-corrected chi connectivity index (χ4v) is 1.27. The Bertz CT molecular complexity index is 521. The van der Waals surface area contributed by atoms with Crippen molar-refractivity contribution >= 4 is 22.5 Å². The monoisotopic (exact) mass is 195 g/mol. The minimum Gasteiger partial charge on any atom is -0.802 e. The molecule has 2 aromatic rings. The van der Waals surface area contributed by atoms with E-state index >= 15 is 0 Å². The minimum absolute atomic E-state index is 0.242. The van der Waals surface area contributed by atoms with E-state index < -0.39 is 5.69 Å². The highest BCUT2D eigenvalue weighted by atomic mass is 35.5. The zero-order valence-electron chi connectivity index (χ0n) is 6.40. The Morgan fingerprint density at radius 2 is 2.23 bits per heavy atom. The lowest BCUT2D eigenvalue weighted by molar-refractivity contribution is 0.969. The lowest BCUT2D eigenvalue weighted by Crippen LogP contribution is -2.18. The van der Waals surface area contributed by atoms with Gasteiger partial charge in [-0.05, 0) is 18.2 Å². The molecule has 2 rings (SSSR count). The van der Waals surface area contributed by atoms with Crippen LogP contribution in [0.15, 0.2) is 29.2 Å². The van der Waals surface area contributed by atoms with Crippen LogP contribution in [-0.2, 0) is 0 Å². The smallest absolute Gasteiger partial charge is 0.343 e. The van der Waals surface area contributed by atoms with E-state index in [1.54, 1.807) is 12.1 Å². The van der Waals surface area contributed by atoms with Crippen LogP contribution in [0.1, 0.15) is 0 Å². The molecule has 0 fully saturated rings. The molecule has 4 nitrogen and oxygen atoms in total. The molecule has 0 saturated carbocycles. The van der Waals surface area contributed by atoms with Crippen LogP contribution in [0, 0.1) is 5.21 Å². The number of rotatable bonds is 0. The predicted molar refractivity (Wildman–Crippen MR) is 49.8 cm³/mol. The summed E-state index contributed by atoms with van der Waals surface area (Å²) in [5.74, 6) is 0. The maximum Gasteiger partial charge on any atom is 0.343 e. The van der Waals surface area contributed by atoms with Crippen LogP contribution in [0.5, 0.6) is 0 Å². The molecule has 0 unspecified atom stereocenters. The zero-order chi connectivity index (χ0) is 9.42. The number of halogens is 1. The van der Waals surface area contributed by atoms with E-state index in [0.717, 1.165) is 0 Å². The first kappa shape index (κ1) is 8.07. The van der Waals surface area contributed by atoms with Gasteiger partial charge >= 0.3 is 5.69 Å². The normalized spacial score (nSPS) is 10.5. The third-order valence-corrected chi connectivity index (χ3v) is 1.93. The Balaban J connectivity index is 2.95. The van der Waals surface area contributed by atoms with Crippen LogP contribution in [0.3, 0.4) is 0 Å². The van der Waals surface area contributed by atoms with Gasteiger partial charge in [0.2, 0.25) is 0 Å². The van der Waals surface area contributed by atoms with Crippen molar-refractivity contribution in [1.29, 1.82) is 0 Å². The summed E-state index contributed by atoms with van der Waals surface area (Å²) in [4.78, 5) is 14.2. The largest absolute Gasteiger partial charge is 0.802 e. The molecule has 0 bridgehead atoms. The fraction of sp³-hybridized carbons (Fsp3) is 0. The van der Waals surface area contributed by atoms with Gasteiger partial charge in [-0.3, -0.25) is 0 Å². The van der Waals surface area contributed by atoms with Crippen molar-refractivity contribution in [2.75, 3.05) is 0 Å². The molecule has 0 saturated heterocycles. The minimum atomic E-state index is -0.810. The summed E-state index contributed by atoms with van der Waals surface area (Å²) in [6.07, 6.45) is 1.33. The molecule has 66 valence electrons. The molecule has 0 N–H and O–H groups in total. The second kappa shape index (κ2) is 2.74. The highest BCUT2D eigenvalue weighted by Crippen LogP contribution is 2.16. The Morgan fingerprint density at radius 3 is 3.00 bits per heavy atom. The van der Waals surface area contributed by atoms with Crippen molar-refractivity contribution in [1.82, 2.24) is 9.71 Å². The van der Waals surface area contributed by atoms with Gasteiger partial charge in [-0.2, -0.15) is 0 Å². The molecule has 0 amide bonds. The molecule has 5 heteroatoms. The van der Waals surface area contributed by atoms with Crippen LogP contribution in [-0.4, -0.2) is 9.71 Å². The average molecular weight is 196 g/mol. The van der Waals surface area contributed by atoms with Crippen molar-refractivity contribution in [3.8, 4) is 0 Å². The van der Waals surface area contributed by atoms with E-state index in [1.807, 2.05) is 0 Å². The number of aromatic nitrogens is 2. The number of nitrogens with zero attached hydrogens (tertiary/aromatic N) is 2. The Morgan fingerprint density at radius 1 is 1.46 bits per heavy atom. The van der Waals surface area contributed by atoms with E-state index in [1.165, 1.54) is 12.3 Å². The Labute approximate surface area is 78.0 Å². The lowest BCUT2D eigenvalue weighted by atomic mass is 10.2. The standard InChI is InChI=1S/C8H4ClN2O2/c9-6-1-2-7-5(3-6)4-10-8(12)11(7)13/h1-4H/q-1. The summed E-state index contributed by atoms with van der Waals surface area (Å²) in [6, 6.07) is 4.63. The van der Waals surface area contributed by atoms with Crippen molar-refractivity contribution in [3.63, 3.8) is 0 Å². The van der Waals surface area contributed by atoms with Gasteiger partial charge in [0.25, 0.3) is 0 Å². The van der Waals surface area contributed by atoms with Crippen LogP contribution < -0.4 is 5.69 Å². The summed E-state index contributed by atoms with van der Waals surface area (Å²) in [7, 11) is 0. The fourth-order valence-electron chi connectivity index (χ4n) is 1.09. The van der Waals surface area contributed by atoms with E-state index in [-0.39, 0.29) is 10.2 Å². The predicted octanol–water partition coefficient (Wildman–Crippen LogP) is 1.40. The first-order valence-electron chi connectivity index (χ1n) is 3.53. The molecule has 0 aliphatic rings. The second-order valence-electron chi connectivity index (χ2n) is 2.54. The Hall–Kier alpha value is -1.55. The van der Waals surface area contributed by atoms with E-state index in [2.05, 4.69) is 4.98 Å². The summed E-state index contributed by atoms with van der Waals surface area (Å²) in [5, 5.41) is 12.2. The zero-order valence-corrected chi connectivity index (χ0v) is 7.15. The number of benzene rings is 1. The van der Waals surface area contributed by atoms with E-state index in [0.29, 0.717) is 10.4 Å². The molecule has 0 spiro atoms. The maximum absolute atomic E-state index is 11.1. The highest BCUT2D eigenvalue weighted by molar-refractivity contribution is 6.31. The molecular weight excluding hydrogens is 192 g/mol. The third kappa shape index (κ3) is 1.25. The molecule has 1 aromatic heterocycles. The highest BCUT2D eigenvalue weighted by Gasteiger charge is 1.97. The number of hydrogen-bond donors (Lipinski definition) is 0. The summed E-state index contributed by atoms with van der Waals surface area (Å²) in [6.45, 7) is 0. The molecule has 1 heterocycles. The van der Waals surface area contributed by atoms with Crippen LogP contribution >= 0.6 is 11.6 Å². The van der Waals surface area contributed by atoms with Crippen molar-refractivity contribution < 1.29 is 0 Å². The van der Waals surface area contributed by atoms with Crippen molar-refractivity contribution in [2.24, 2.45) is 0 Å². The average Bonchev–Trinajstić information content (AvgIpc) is 2.12. The van der Waals surface area contributed by atoms with Gasteiger partial charge in [-0.25, -0.2) is 9.78 Å². The molecule has 0 atom stereocenters. The molecule has 0 aliphatic heterocycles. The summed E-state index contributed by atoms with van der Waals surface area (Å²) < 4.78 is 0.242. The van der Waals surface area contributed by atoms with Crippen LogP contribution in [0.25, 0.3) is 10.9 Å². The number of fused-ring (bicyclic) bond motifs is 1. The van der Waals surface area contributed by atoms with Gasteiger partial charge in [-0.1, -0.05) is 11.6 Å². The molecule has 0 aliphatic carbocycles. The lowest BCUT2D eigenvalue weighted by Gasteiger charge is -2.11. The SMILES string of the molecule is O=c1ncc2cc(Cl)ccc2n1[O-]. The van der Waals surface area contributed by atoms with Crippen molar-refractivity contribution in [3.05, 3.63) is 45.1 Å². The van der Waals surface area contributed by atoms with E-state index in [4.69, 9.17) is 11.6 Å². The second-order valence-corrected chi connectivity index (χ2v) is 2.97. The topological polar surface area (TPSA) is 58.0 Å². The molecule has 0 radical (unpaired) electrons. The Kier molecular flexibility index (Phi) is 1.70. The van der Waals surface area contributed by atoms with Gasteiger partial charge in [0.15, 0.2) is 0 Å². The molecule has 13 heavy (non-hydrogen) atoms. The maximum atomic E-state index is 11.1. The first-order chi connectivity index (χ1) is 6.18. The van der Waals surface area contributed by atoms with Crippen molar-refractivity contribution in [2.45, 2.75) is 0 Å². The van der Waals surface area contributed by atoms with Crippen LogP contribution in [0.2, 0.25) is 5.02 Å². The van der Waals surface area contributed by atoms with Gasteiger partial charge in [0.1, 0.15) is 0 Å². The van der Waals surface area contributed by atoms with Gasteiger partial charge in [0.05, 0.1) is 0 Å². The number of hydrogen-bond acceptors (Lipinski definition) is 3. The van der Waals surface area contributed by atoms with Gasteiger partial charge < -0.3 is 9.94 Å². The van der Waals surface area contributed by atoms with Crippen LogP contribution in [0.4, 0.5) is 0 Å². The molecular formula is C8H4ClN2O2-. The first-order valence-corrected chi connectivity index (χ1v) is 3.91. The summed E-state index contributed by atoms with van der Waals surface area (Å²) >= 11 is 5.69. The van der Waals surface area contributed by atoms with Gasteiger partial charge in [-0.15, -0.1) is 0 Å².